The molecule has 0 amide bonds. The molecule has 0 saturated carbocycles. The predicted octanol–water partition coefficient (Wildman–Crippen LogP) is 2.22. The summed E-state index contributed by atoms with van der Waals surface area (Å²) in [6, 6.07) is 7.18. The maximum absolute atomic E-state index is 12.4. The second-order valence-corrected chi connectivity index (χ2v) is 7.20. The zero-order valence-electron chi connectivity index (χ0n) is 11.4. The van der Waals surface area contributed by atoms with Gasteiger partial charge in [-0.1, -0.05) is 31.5 Å². The molecule has 1 saturated heterocycles. The lowest BCUT2D eigenvalue weighted by atomic mass is 9.97. The van der Waals surface area contributed by atoms with Crippen LogP contribution in [0, 0.1) is 5.92 Å². The highest BCUT2D eigenvalue weighted by atomic mass is 32.2. The lowest BCUT2D eigenvalue weighted by molar-refractivity contribution is 0.261. The van der Waals surface area contributed by atoms with Gasteiger partial charge < -0.3 is 5.73 Å². The number of benzene rings is 1. The van der Waals surface area contributed by atoms with Gasteiger partial charge in [0.15, 0.2) is 0 Å². The molecule has 2 rings (SSSR count). The van der Waals surface area contributed by atoms with E-state index in [0.717, 1.165) is 19.3 Å². The highest BCUT2D eigenvalue weighted by Gasteiger charge is 2.28. The first-order valence-corrected chi connectivity index (χ1v) is 8.45. The third-order valence-corrected chi connectivity index (χ3v) is 5.64. The number of anilines is 1. The minimum Gasteiger partial charge on any atom is -0.398 e. The Hall–Kier alpha value is -1.07. The van der Waals surface area contributed by atoms with Gasteiger partial charge in [0, 0.05) is 18.8 Å². The quantitative estimate of drug-likeness (QED) is 0.861. The number of nitrogens with two attached hydrogens (primary N) is 1. The number of para-hydroxylation sites is 1. The standard InChI is InChI=1S/C14H22N2O2S/c1-2-12-6-5-9-16(10-12)19(17,18)11-13-7-3-4-8-14(13)15/h3-4,7-8,12H,2,5-6,9-11,15H2,1H3. The third kappa shape index (κ3) is 3.48. The van der Waals surface area contributed by atoms with E-state index in [1.165, 1.54) is 0 Å². The van der Waals surface area contributed by atoms with Crippen molar-refractivity contribution in [2.24, 2.45) is 5.92 Å². The van der Waals surface area contributed by atoms with Crippen LogP contribution in [0.5, 0.6) is 0 Å². The van der Waals surface area contributed by atoms with Gasteiger partial charge in [-0.05, 0) is 30.4 Å². The zero-order chi connectivity index (χ0) is 13.9. The van der Waals surface area contributed by atoms with E-state index in [0.29, 0.717) is 30.3 Å². The molecule has 106 valence electrons. The lowest BCUT2D eigenvalue weighted by Gasteiger charge is -2.31. The van der Waals surface area contributed by atoms with Crippen molar-refractivity contribution in [3.8, 4) is 0 Å². The van der Waals surface area contributed by atoms with Gasteiger partial charge in [-0.25, -0.2) is 12.7 Å². The van der Waals surface area contributed by atoms with Gasteiger partial charge in [-0.2, -0.15) is 0 Å². The minimum atomic E-state index is -3.25. The van der Waals surface area contributed by atoms with Crippen LogP contribution in [0.25, 0.3) is 0 Å². The van der Waals surface area contributed by atoms with Gasteiger partial charge in [0.2, 0.25) is 10.0 Å². The number of nitrogen functional groups attached to an aromatic ring is 1. The van der Waals surface area contributed by atoms with Gasteiger partial charge in [0.05, 0.1) is 5.75 Å². The molecule has 1 aliphatic heterocycles. The van der Waals surface area contributed by atoms with Crippen LogP contribution in [0.3, 0.4) is 0 Å². The van der Waals surface area contributed by atoms with Crippen molar-refractivity contribution in [3.63, 3.8) is 0 Å². The van der Waals surface area contributed by atoms with Crippen molar-refractivity contribution in [1.29, 1.82) is 0 Å². The van der Waals surface area contributed by atoms with E-state index in [9.17, 15) is 8.42 Å². The second-order valence-electron chi connectivity index (χ2n) is 5.23. The summed E-state index contributed by atoms with van der Waals surface area (Å²) < 4.78 is 26.5. The third-order valence-electron chi connectivity index (χ3n) is 3.85. The number of rotatable bonds is 4. The van der Waals surface area contributed by atoms with Gasteiger partial charge in [0.25, 0.3) is 0 Å². The number of hydrogen-bond donors (Lipinski definition) is 1. The average molecular weight is 282 g/mol. The molecule has 19 heavy (non-hydrogen) atoms. The van der Waals surface area contributed by atoms with E-state index >= 15 is 0 Å². The van der Waals surface area contributed by atoms with Crippen LogP contribution in [0.1, 0.15) is 31.7 Å². The van der Waals surface area contributed by atoms with E-state index in [1.54, 1.807) is 16.4 Å². The van der Waals surface area contributed by atoms with E-state index in [1.807, 2.05) is 12.1 Å². The molecule has 1 aromatic carbocycles. The first-order valence-electron chi connectivity index (χ1n) is 6.84. The Morgan fingerprint density at radius 1 is 1.37 bits per heavy atom. The van der Waals surface area contributed by atoms with Crippen molar-refractivity contribution in [1.82, 2.24) is 4.31 Å². The monoisotopic (exact) mass is 282 g/mol. The van der Waals surface area contributed by atoms with Crippen molar-refractivity contribution < 1.29 is 8.42 Å². The summed E-state index contributed by atoms with van der Waals surface area (Å²) in [5.41, 5.74) is 7.07. The molecule has 2 N–H and O–H groups in total. The molecule has 0 radical (unpaired) electrons. The molecule has 1 heterocycles. The maximum Gasteiger partial charge on any atom is 0.218 e. The van der Waals surface area contributed by atoms with Gasteiger partial charge in [-0.3, -0.25) is 0 Å². The highest BCUT2D eigenvalue weighted by Crippen LogP contribution is 2.24. The summed E-state index contributed by atoms with van der Waals surface area (Å²) in [7, 11) is -3.25. The molecule has 5 heteroatoms. The lowest BCUT2D eigenvalue weighted by Crippen LogP contribution is -2.40. The zero-order valence-corrected chi connectivity index (χ0v) is 12.2. The van der Waals surface area contributed by atoms with Gasteiger partial charge in [-0.15, -0.1) is 0 Å². The smallest absolute Gasteiger partial charge is 0.218 e. The Kier molecular flexibility index (Phi) is 4.47. The van der Waals surface area contributed by atoms with Crippen LogP contribution in [0.15, 0.2) is 24.3 Å². The number of nitrogens with zero attached hydrogens (tertiary/aromatic N) is 1. The van der Waals surface area contributed by atoms with Crippen molar-refractivity contribution in [2.45, 2.75) is 31.9 Å². The summed E-state index contributed by atoms with van der Waals surface area (Å²) >= 11 is 0. The molecule has 1 aliphatic rings. The van der Waals surface area contributed by atoms with Crippen LogP contribution in [0.2, 0.25) is 0 Å². The van der Waals surface area contributed by atoms with Crippen molar-refractivity contribution in [3.05, 3.63) is 29.8 Å². The van der Waals surface area contributed by atoms with Crippen LogP contribution in [-0.2, 0) is 15.8 Å². The fourth-order valence-electron chi connectivity index (χ4n) is 2.57. The first-order chi connectivity index (χ1) is 9.03. The summed E-state index contributed by atoms with van der Waals surface area (Å²) in [6.07, 6.45) is 3.14. The van der Waals surface area contributed by atoms with E-state index in [2.05, 4.69) is 6.92 Å². The molecule has 4 nitrogen and oxygen atoms in total. The van der Waals surface area contributed by atoms with Crippen LogP contribution >= 0.6 is 0 Å². The normalized spacial score (nSPS) is 21.4. The first kappa shape index (κ1) is 14.3. The summed E-state index contributed by atoms with van der Waals surface area (Å²) in [5, 5.41) is 0. The molecular weight excluding hydrogens is 260 g/mol. The molecule has 1 fully saturated rings. The van der Waals surface area contributed by atoms with Gasteiger partial charge in [0.1, 0.15) is 0 Å². The molecule has 1 unspecified atom stereocenters. The molecule has 1 atom stereocenters. The Labute approximate surface area is 115 Å². The number of hydrogen-bond acceptors (Lipinski definition) is 3. The van der Waals surface area contributed by atoms with Crippen LogP contribution in [0.4, 0.5) is 5.69 Å². The summed E-state index contributed by atoms with van der Waals surface area (Å²) in [4.78, 5) is 0. The topological polar surface area (TPSA) is 63.4 Å². The molecule has 0 aromatic heterocycles. The van der Waals surface area contributed by atoms with Crippen LogP contribution in [-0.4, -0.2) is 25.8 Å². The predicted molar refractivity (Wildman–Crippen MR) is 78.1 cm³/mol. The van der Waals surface area contributed by atoms with E-state index in [-0.39, 0.29) is 5.75 Å². The molecular formula is C14H22N2O2S. The van der Waals surface area contributed by atoms with Crippen LogP contribution < -0.4 is 5.73 Å². The Balaban J connectivity index is 2.12. The second kappa shape index (κ2) is 5.92. The largest absolute Gasteiger partial charge is 0.398 e. The van der Waals surface area contributed by atoms with E-state index in [4.69, 9.17) is 5.73 Å². The fourth-order valence-corrected chi connectivity index (χ4v) is 4.25. The molecule has 0 bridgehead atoms. The average Bonchev–Trinajstić information content (AvgIpc) is 2.41. The number of sulfonamides is 1. The number of piperidine rings is 1. The summed E-state index contributed by atoms with van der Waals surface area (Å²) in [5.74, 6) is 0.507. The maximum atomic E-state index is 12.4. The summed E-state index contributed by atoms with van der Waals surface area (Å²) in [6.45, 7) is 3.42. The van der Waals surface area contributed by atoms with Crippen molar-refractivity contribution >= 4 is 15.7 Å². The van der Waals surface area contributed by atoms with Gasteiger partial charge >= 0.3 is 0 Å². The van der Waals surface area contributed by atoms with E-state index < -0.39 is 10.0 Å². The highest BCUT2D eigenvalue weighted by molar-refractivity contribution is 7.88. The SMILES string of the molecule is CCC1CCCN(S(=O)(=O)Cc2ccccc2N)C1. The Morgan fingerprint density at radius 3 is 2.79 bits per heavy atom. The molecule has 0 spiro atoms. The minimum absolute atomic E-state index is 0.0100. The molecule has 1 aromatic rings. The van der Waals surface area contributed by atoms with Crippen molar-refractivity contribution in [2.75, 3.05) is 18.8 Å². The Bertz CT molecular complexity index is 528. The Morgan fingerprint density at radius 2 is 2.11 bits per heavy atom. The molecule has 0 aliphatic carbocycles. The fraction of sp³-hybridized carbons (Fsp3) is 0.571.